The fourth-order valence-corrected chi connectivity index (χ4v) is 5.68. The molecule has 35 heavy (non-hydrogen) atoms. The summed E-state index contributed by atoms with van der Waals surface area (Å²) in [4.78, 5) is 55.6. The number of nitrogens with one attached hydrogen (secondary N) is 3. The van der Waals surface area contributed by atoms with Crippen LogP contribution in [0.15, 0.2) is 24.3 Å². The molecule has 2 fully saturated rings. The van der Waals surface area contributed by atoms with E-state index >= 15 is 0 Å². The van der Waals surface area contributed by atoms with Crippen LogP contribution in [0.4, 0.5) is 0 Å². The molecule has 5 atom stereocenters. The Morgan fingerprint density at radius 2 is 1.74 bits per heavy atom. The van der Waals surface area contributed by atoms with Crippen LogP contribution in [0.1, 0.15) is 69.5 Å². The SMILES string of the molecule is CN[C@@H](C)C(=O)N[C@H]1CCCN(C(C)=O)C2CCC(C(=O)N[C@H]3CCCc4ccccc43)N2C1=O. The first-order chi connectivity index (χ1) is 16.8. The minimum absolute atomic E-state index is 0.0905. The van der Waals surface area contributed by atoms with Crippen molar-refractivity contribution >= 4 is 23.6 Å². The molecule has 4 rings (SSSR count). The van der Waals surface area contributed by atoms with E-state index in [9.17, 15) is 19.2 Å². The van der Waals surface area contributed by atoms with Crippen LogP contribution < -0.4 is 16.0 Å². The summed E-state index contributed by atoms with van der Waals surface area (Å²) in [7, 11) is 1.69. The zero-order valence-electron chi connectivity index (χ0n) is 20.9. The predicted molar refractivity (Wildman–Crippen MR) is 131 cm³/mol. The van der Waals surface area contributed by atoms with E-state index in [4.69, 9.17) is 0 Å². The van der Waals surface area contributed by atoms with Gasteiger partial charge < -0.3 is 25.8 Å². The monoisotopic (exact) mass is 483 g/mol. The molecule has 2 heterocycles. The van der Waals surface area contributed by atoms with Crippen molar-refractivity contribution in [3.05, 3.63) is 35.4 Å². The van der Waals surface area contributed by atoms with Gasteiger partial charge in [-0.05, 0) is 70.0 Å². The van der Waals surface area contributed by atoms with Crippen molar-refractivity contribution in [3.8, 4) is 0 Å². The van der Waals surface area contributed by atoms with Crippen LogP contribution in [0, 0.1) is 0 Å². The maximum atomic E-state index is 13.8. The van der Waals surface area contributed by atoms with Crippen molar-refractivity contribution < 1.29 is 19.2 Å². The van der Waals surface area contributed by atoms with Gasteiger partial charge in [0.25, 0.3) is 0 Å². The summed E-state index contributed by atoms with van der Waals surface area (Å²) in [6.07, 6.45) is 4.41. The molecule has 0 radical (unpaired) electrons. The second-order valence-electron chi connectivity index (χ2n) is 9.90. The zero-order chi connectivity index (χ0) is 25.1. The molecule has 2 aliphatic heterocycles. The average Bonchev–Trinajstić information content (AvgIpc) is 3.28. The number of fused-ring (bicyclic) bond motifs is 2. The van der Waals surface area contributed by atoms with Crippen LogP contribution in [0.5, 0.6) is 0 Å². The molecule has 0 aromatic heterocycles. The third-order valence-electron chi connectivity index (χ3n) is 7.70. The van der Waals surface area contributed by atoms with Crippen molar-refractivity contribution in [1.29, 1.82) is 0 Å². The molecule has 3 N–H and O–H groups in total. The van der Waals surface area contributed by atoms with E-state index in [1.807, 2.05) is 12.1 Å². The van der Waals surface area contributed by atoms with Crippen LogP contribution in [0.2, 0.25) is 0 Å². The van der Waals surface area contributed by atoms with Gasteiger partial charge in [-0.15, -0.1) is 0 Å². The second kappa shape index (κ2) is 10.8. The van der Waals surface area contributed by atoms with Crippen LogP contribution in [0.3, 0.4) is 0 Å². The summed E-state index contributed by atoms with van der Waals surface area (Å²) in [5.41, 5.74) is 2.39. The molecule has 1 aromatic rings. The van der Waals surface area contributed by atoms with E-state index in [0.717, 1.165) is 24.8 Å². The maximum absolute atomic E-state index is 13.8. The smallest absolute Gasteiger partial charge is 0.247 e. The van der Waals surface area contributed by atoms with Crippen molar-refractivity contribution in [3.63, 3.8) is 0 Å². The molecule has 2 unspecified atom stereocenters. The Morgan fingerprint density at radius 1 is 1.00 bits per heavy atom. The number of hydrogen-bond donors (Lipinski definition) is 3. The summed E-state index contributed by atoms with van der Waals surface area (Å²) in [6.45, 7) is 3.73. The van der Waals surface area contributed by atoms with Gasteiger partial charge in [0.2, 0.25) is 23.6 Å². The molecule has 1 aromatic carbocycles. The fourth-order valence-electron chi connectivity index (χ4n) is 5.68. The third-order valence-corrected chi connectivity index (χ3v) is 7.70. The predicted octanol–water partition coefficient (Wildman–Crippen LogP) is 1.23. The summed E-state index contributed by atoms with van der Waals surface area (Å²) >= 11 is 0. The lowest BCUT2D eigenvalue weighted by atomic mass is 9.87. The van der Waals surface area contributed by atoms with E-state index < -0.39 is 24.3 Å². The second-order valence-corrected chi connectivity index (χ2v) is 9.90. The number of amides is 4. The van der Waals surface area contributed by atoms with Crippen molar-refractivity contribution in [1.82, 2.24) is 25.8 Å². The maximum Gasteiger partial charge on any atom is 0.247 e. The quantitative estimate of drug-likeness (QED) is 0.584. The van der Waals surface area contributed by atoms with Crippen LogP contribution in [-0.4, -0.2) is 71.3 Å². The van der Waals surface area contributed by atoms with Gasteiger partial charge in [0.1, 0.15) is 18.2 Å². The molecule has 0 spiro atoms. The number of nitrogens with zero attached hydrogens (tertiary/aromatic N) is 2. The topological polar surface area (TPSA) is 111 Å². The minimum Gasteiger partial charge on any atom is -0.347 e. The van der Waals surface area contributed by atoms with E-state index in [1.54, 1.807) is 23.8 Å². The summed E-state index contributed by atoms with van der Waals surface area (Å²) in [6, 6.07) is 6.23. The van der Waals surface area contributed by atoms with Gasteiger partial charge in [0, 0.05) is 13.5 Å². The van der Waals surface area contributed by atoms with E-state index in [2.05, 4.69) is 28.1 Å². The minimum atomic E-state index is -0.723. The van der Waals surface area contributed by atoms with Crippen LogP contribution in [-0.2, 0) is 25.6 Å². The normalized spacial score (nSPS) is 27.2. The number of rotatable bonds is 5. The first kappa shape index (κ1) is 25.2. The highest BCUT2D eigenvalue weighted by atomic mass is 16.2. The Kier molecular flexibility index (Phi) is 7.74. The molecule has 3 aliphatic rings. The lowest BCUT2D eigenvalue weighted by Crippen LogP contribution is -2.62. The van der Waals surface area contributed by atoms with E-state index in [1.165, 1.54) is 12.5 Å². The number of carbonyl (C=O) groups excluding carboxylic acids is 4. The first-order valence-corrected chi connectivity index (χ1v) is 12.8. The van der Waals surface area contributed by atoms with Crippen molar-refractivity contribution in [2.75, 3.05) is 13.6 Å². The number of aryl methyl sites for hydroxylation is 1. The van der Waals surface area contributed by atoms with Gasteiger partial charge in [0.15, 0.2) is 0 Å². The molecule has 4 amide bonds. The summed E-state index contributed by atoms with van der Waals surface area (Å²) in [5.74, 6) is -0.855. The van der Waals surface area contributed by atoms with Crippen molar-refractivity contribution in [2.24, 2.45) is 0 Å². The Morgan fingerprint density at radius 3 is 2.49 bits per heavy atom. The summed E-state index contributed by atoms with van der Waals surface area (Å²) in [5, 5.41) is 8.96. The molecular formula is C26H37N5O4. The third kappa shape index (κ3) is 5.19. The van der Waals surface area contributed by atoms with Gasteiger partial charge in [-0.3, -0.25) is 19.2 Å². The average molecular weight is 484 g/mol. The molecule has 0 bridgehead atoms. The van der Waals surface area contributed by atoms with Gasteiger partial charge in [0.05, 0.1) is 12.1 Å². The molecule has 190 valence electrons. The Labute approximate surface area is 207 Å². The van der Waals surface area contributed by atoms with Crippen LogP contribution in [0.25, 0.3) is 0 Å². The van der Waals surface area contributed by atoms with E-state index in [-0.39, 0.29) is 29.7 Å². The standard InChI is InChI=1S/C26H37N5O4/c1-16(27-3)24(33)29-21-12-7-15-30(17(2)32)23-14-13-22(31(23)26(21)35)25(34)28-20-11-6-9-18-8-4-5-10-19(18)20/h4-5,8,10,16,20-23,27H,6-7,9,11-15H2,1-3H3,(H,28,34)(H,29,33)/t16-,20-,21-,22?,23?/m0/s1. The summed E-state index contributed by atoms with van der Waals surface area (Å²) < 4.78 is 0. The first-order valence-electron chi connectivity index (χ1n) is 12.8. The van der Waals surface area contributed by atoms with Gasteiger partial charge in [-0.2, -0.15) is 0 Å². The number of likely N-dealkylation sites (N-methyl/N-ethyl adjacent to an activating group) is 1. The highest BCUT2D eigenvalue weighted by Gasteiger charge is 2.47. The molecular weight excluding hydrogens is 446 g/mol. The molecule has 9 nitrogen and oxygen atoms in total. The lowest BCUT2D eigenvalue weighted by Gasteiger charge is -2.41. The highest BCUT2D eigenvalue weighted by molar-refractivity contribution is 5.94. The Hall–Kier alpha value is -2.94. The number of benzene rings is 1. The molecule has 2 saturated heterocycles. The Bertz CT molecular complexity index is 982. The van der Waals surface area contributed by atoms with Gasteiger partial charge in [-0.1, -0.05) is 24.3 Å². The van der Waals surface area contributed by atoms with E-state index in [0.29, 0.717) is 32.2 Å². The lowest BCUT2D eigenvalue weighted by molar-refractivity contribution is -0.153. The number of hydrogen-bond acceptors (Lipinski definition) is 5. The molecule has 9 heteroatoms. The largest absolute Gasteiger partial charge is 0.347 e. The van der Waals surface area contributed by atoms with Gasteiger partial charge in [-0.25, -0.2) is 0 Å². The fraction of sp³-hybridized carbons (Fsp3) is 0.615. The number of carbonyl (C=O) groups is 4. The zero-order valence-corrected chi connectivity index (χ0v) is 20.9. The van der Waals surface area contributed by atoms with Crippen LogP contribution >= 0.6 is 0 Å². The Balaban J connectivity index is 1.57. The van der Waals surface area contributed by atoms with Crippen molar-refractivity contribution in [2.45, 2.75) is 89.1 Å². The molecule has 0 saturated carbocycles. The van der Waals surface area contributed by atoms with Gasteiger partial charge >= 0.3 is 0 Å². The highest BCUT2D eigenvalue weighted by Crippen LogP contribution is 2.33. The molecule has 1 aliphatic carbocycles.